The summed E-state index contributed by atoms with van der Waals surface area (Å²) in [4.78, 5) is 69.2. The summed E-state index contributed by atoms with van der Waals surface area (Å²) in [6, 6.07) is -1.13. The summed E-state index contributed by atoms with van der Waals surface area (Å²) in [5.74, 6) is -2.91. The zero-order valence-electron chi connectivity index (χ0n) is 29.5. The van der Waals surface area contributed by atoms with Crippen LogP contribution < -0.4 is 21.3 Å². The van der Waals surface area contributed by atoms with Crippen molar-refractivity contribution in [3.05, 3.63) is 0 Å². The molecular weight excluding hydrogens is 640 g/mol. The second-order valence-corrected chi connectivity index (χ2v) is 11.8. The van der Waals surface area contributed by atoms with Crippen molar-refractivity contribution in [2.24, 2.45) is 0 Å². The van der Waals surface area contributed by atoms with Gasteiger partial charge in [-0.25, -0.2) is 4.79 Å². The molecule has 0 saturated carbocycles. The molecule has 0 aliphatic heterocycles. The topological polar surface area (TPSA) is 219 Å². The largest absolute Gasteiger partial charge is 0.481 e. The van der Waals surface area contributed by atoms with Crippen LogP contribution in [0.1, 0.15) is 116 Å². The fraction of sp³-hybridized carbons (Fsp3) is 0.824. The van der Waals surface area contributed by atoms with E-state index in [9.17, 15) is 33.9 Å². The molecule has 0 radical (unpaired) electrons. The Morgan fingerprint density at radius 3 is 1.47 bits per heavy atom. The number of amides is 4. The van der Waals surface area contributed by atoms with Crippen molar-refractivity contribution in [3.63, 3.8) is 0 Å². The van der Waals surface area contributed by atoms with Crippen LogP contribution in [0.4, 0.5) is 0 Å². The third kappa shape index (κ3) is 33.0. The highest BCUT2D eigenvalue weighted by Gasteiger charge is 2.20. The number of ether oxygens (including phenoxy) is 3. The van der Waals surface area contributed by atoms with Gasteiger partial charge in [-0.1, -0.05) is 71.1 Å². The summed E-state index contributed by atoms with van der Waals surface area (Å²) in [7, 11) is 0. The third-order valence-electron chi connectivity index (χ3n) is 7.47. The molecule has 0 bridgehead atoms. The molecule has 6 N–H and O–H groups in total. The second kappa shape index (κ2) is 33.2. The van der Waals surface area contributed by atoms with E-state index in [4.69, 9.17) is 19.3 Å². The normalized spacial score (nSPS) is 11.4. The molecule has 0 aromatic carbocycles. The highest BCUT2D eigenvalue weighted by molar-refractivity contribution is 5.84. The van der Waals surface area contributed by atoms with Gasteiger partial charge in [-0.15, -0.1) is 0 Å². The van der Waals surface area contributed by atoms with Crippen LogP contribution in [0.15, 0.2) is 0 Å². The second-order valence-electron chi connectivity index (χ2n) is 11.8. The van der Waals surface area contributed by atoms with Crippen LogP contribution in [-0.2, 0) is 43.0 Å². The molecule has 15 heteroatoms. The van der Waals surface area contributed by atoms with Gasteiger partial charge < -0.3 is 45.7 Å². The van der Waals surface area contributed by atoms with Gasteiger partial charge in [-0.2, -0.15) is 0 Å². The maximum Gasteiger partial charge on any atom is 0.326 e. The number of carbonyl (C=O) groups excluding carboxylic acids is 4. The lowest BCUT2D eigenvalue weighted by atomic mass is 10.0. The van der Waals surface area contributed by atoms with Crippen LogP contribution in [0.25, 0.3) is 0 Å². The first-order valence-corrected chi connectivity index (χ1v) is 17.9. The van der Waals surface area contributed by atoms with Crippen molar-refractivity contribution in [1.82, 2.24) is 21.3 Å². The summed E-state index contributed by atoms with van der Waals surface area (Å²) >= 11 is 0. The Balaban J connectivity index is 3.69. The fourth-order valence-corrected chi connectivity index (χ4v) is 4.67. The standard InChI is InChI=1S/C34H62N4O11/c1-2-29(39)35-19-22-47-23-21-37-32(42)27-49-26-25-48-24-20-36-30(40)18-17-28(34(45)46)38-31(41)15-13-11-9-7-5-3-4-6-8-10-12-14-16-33(43)44/h28H,2-27H2,1H3,(H,35,39)(H,36,40)(H,37,42)(H,38,41)(H,43,44)(H,45,46)/t28-/m1/s1. The minimum atomic E-state index is -1.18. The zero-order chi connectivity index (χ0) is 36.4. The van der Waals surface area contributed by atoms with E-state index >= 15 is 0 Å². The Morgan fingerprint density at radius 2 is 0.959 bits per heavy atom. The summed E-state index contributed by atoms with van der Waals surface area (Å²) in [6.07, 6.45) is 13.2. The zero-order valence-corrected chi connectivity index (χ0v) is 29.5. The van der Waals surface area contributed by atoms with Gasteiger partial charge in [0.2, 0.25) is 23.6 Å². The number of unbranched alkanes of at least 4 members (excludes halogenated alkanes) is 11. The molecule has 0 heterocycles. The number of hydrogen-bond acceptors (Lipinski definition) is 9. The third-order valence-corrected chi connectivity index (χ3v) is 7.47. The van der Waals surface area contributed by atoms with Gasteiger partial charge in [-0.05, 0) is 19.3 Å². The predicted molar refractivity (Wildman–Crippen MR) is 183 cm³/mol. The minimum Gasteiger partial charge on any atom is -0.481 e. The molecule has 0 rings (SSSR count). The molecule has 49 heavy (non-hydrogen) atoms. The average molecular weight is 703 g/mol. The smallest absolute Gasteiger partial charge is 0.326 e. The minimum absolute atomic E-state index is 0.0185. The van der Waals surface area contributed by atoms with Crippen LogP contribution in [-0.4, -0.2) is 111 Å². The molecule has 0 saturated heterocycles. The van der Waals surface area contributed by atoms with Gasteiger partial charge in [0.1, 0.15) is 12.6 Å². The van der Waals surface area contributed by atoms with Crippen molar-refractivity contribution < 1.29 is 53.2 Å². The van der Waals surface area contributed by atoms with Crippen LogP contribution in [0.2, 0.25) is 0 Å². The van der Waals surface area contributed by atoms with Crippen LogP contribution in [0.3, 0.4) is 0 Å². The number of carbonyl (C=O) groups is 6. The van der Waals surface area contributed by atoms with Crippen molar-refractivity contribution in [2.45, 2.75) is 122 Å². The summed E-state index contributed by atoms with van der Waals surface area (Å²) in [5.41, 5.74) is 0. The number of carboxylic acids is 2. The van der Waals surface area contributed by atoms with E-state index in [-0.39, 0.29) is 82.3 Å². The van der Waals surface area contributed by atoms with E-state index < -0.39 is 18.0 Å². The SMILES string of the molecule is CCC(=O)NCCOCCNC(=O)COCCOCCNC(=O)CC[C@@H](NC(=O)CCCCCCCCCCCCCCC(=O)O)C(=O)O. The van der Waals surface area contributed by atoms with E-state index in [1.165, 1.54) is 19.3 Å². The Morgan fingerprint density at radius 1 is 0.510 bits per heavy atom. The summed E-state index contributed by atoms with van der Waals surface area (Å²) in [5, 5.41) is 28.6. The maximum absolute atomic E-state index is 12.2. The maximum atomic E-state index is 12.2. The molecule has 0 aliphatic carbocycles. The fourth-order valence-electron chi connectivity index (χ4n) is 4.67. The summed E-state index contributed by atoms with van der Waals surface area (Å²) < 4.78 is 15.9. The van der Waals surface area contributed by atoms with Crippen LogP contribution in [0, 0.1) is 0 Å². The number of hydrogen-bond donors (Lipinski definition) is 6. The molecule has 4 amide bonds. The Hall–Kier alpha value is -3.30. The average Bonchev–Trinajstić information content (AvgIpc) is 3.06. The van der Waals surface area contributed by atoms with E-state index in [0.29, 0.717) is 39.1 Å². The molecule has 0 aromatic heterocycles. The van der Waals surface area contributed by atoms with E-state index in [0.717, 1.165) is 51.4 Å². The van der Waals surface area contributed by atoms with Crippen molar-refractivity contribution >= 4 is 35.6 Å². The van der Waals surface area contributed by atoms with Gasteiger partial charge in [-0.3, -0.25) is 24.0 Å². The van der Waals surface area contributed by atoms with E-state index in [1.807, 2.05) is 0 Å². The molecular formula is C34H62N4O11. The highest BCUT2D eigenvalue weighted by Crippen LogP contribution is 2.13. The van der Waals surface area contributed by atoms with Gasteiger partial charge in [0.05, 0.1) is 33.0 Å². The predicted octanol–water partition coefficient (Wildman–Crippen LogP) is 2.69. The molecule has 0 aromatic rings. The summed E-state index contributed by atoms with van der Waals surface area (Å²) in [6.45, 7) is 3.92. The Bertz CT molecular complexity index is 921. The molecule has 0 aliphatic rings. The highest BCUT2D eigenvalue weighted by atomic mass is 16.5. The number of rotatable bonds is 35. The van der Waals surface area contributed by atoms with Gasteiger partial charge >= 0.3 is 11.9 Å². The Kier molecular flexibility index (Phi) is 31.0. The molecule has 284 valence electrons. The lowest BCUT2D eigenvalue weighted by Crippen LogP contribution is -2.41. The van der Waals surface area contributed by atoms with Crippen molar-refractivity contribution in [3.8, 4) is 0 Å². The van der Waals surface area contributed by atoms with E-state index in [2.05, 4.69) is 21.3 Å². The molecule has 0 fully saturated rings. The van der Waals surface area contributed by atoms with Gasteiger partial charge in [0.15, 0.2) is 0 Å². The van der Waals surface area contributed by atoms with Gasteiger partial charge in [0.25, 0.3) is 0 Å². The first kappa shape index (κ1) is 45.7. The molecule has 1 atom stereocenters. The molecule has 0 spiro atoms. The molecule has 15 nitrogen and oxygen atoms in total. The lowest BCUT2D eigenvalue weighted by molar-refractivity contribution is -0.142. The quantitative estimate of drug-likeness (QED) is 0.0528. The first-order chi connectivity index (χ1) is 23.6. The Labute approximate surface area is 291 Å². The lowest BCUT2D eigenvalue weighted by Gasteiger charge is -2.14. The van der Waals surface area contributed by atoms with Gasteiger partial charge in [0, 0.05) is 45.3 Å². The van der Waals surface area contributed by atoms with Crippen LogP contribution >= 0.6 is 0 Å². The monoisotopic (exact) mass is 702 g/mol. The number of aliphatic carboxylic acids is 2. The van der Waals surface area contributed by atoms with Crippen molar-refractivity contribution in [1.29, 1.82) is 0 Å². The van der Waals surface area contributed by atoms with E-state index in [1.54, 1.807) is 6.92 Å². The first-order valence-electron chi connectivity index (χ1n) is 17.9. The number of nitrogens with one attached hydrogen (secondary N) is 4. The number of carboxylic acid groups (broad SMARTS) is 2. The van der Waals surface area contributed by atoms with Crippen LogP contribution in [0.5, 0.6) is 0 Å². The molecule has 0 unspecified atom stereocenters. The van der Waals surface area contributed by atoms with Crippen molar-refractivity contribution in [2.75, 3.05) is 59.3 Å².